The van der Waals surface area contributed by atoms with Crippen LogP contribution < -0.4 is 27.3 Å². The molecule has 0 atom stereocenters. The van der Waals surface area contributed by atoms with E-state index in [-0.39, 0.29) is 0 Å². The molecule has 0 bridgehead atoms. The fourth-order valence-corrected chi connectivity index (χ4v) is 8.20. The minimum absolute atomic E-state index is 1.15. The van der Waals surface area contributed by atoms with Crippen LogP contribution in [0.25, 0.3) is 77.2 Å². The van der Waals surface area contributed by atoms with Gasteiger partial charge in [0.15, 0.2) is 0 Å². The van der Waals surface area contributed by atoms with E-state index in [9.17, 15) is 0 Å². The van der Waals surface area contributed by atoms with Crippen LogP contribution in [0.5, 0.6) is 0 Å². The lowest BCUT2D eigenvalue weighted by atomic mass is 9.59. The molecule has 0 radical (unpaired) electrons. The van der Waals surface area contributed by atoms with Crippen molar-refractivity contribution in [2.75, 3.05) is 0 Å². The molecule has 2 nitrogen and oxygen atoms in total. The molecule has 0 saturated heterocycles. The third-order valence-electron chi connectivity index (χ3n) is 11.1. The molecular formula is C42H33B5N2. The van der Waals surface area contributed by atoms with Crippen molar-refractivity contribution in [3.8, 4) is 33.6 Å². The van der Waals surface area contributed by atoms with E-state index in [2.05, 4.69) is 188 Å². The highest BCUT2D eigenvalue weighted by molar-refractivity contribution is 6.68. The monoisotopic (exact) mass is 620 g/mol. The molecule has 0 aliphatic heterocycles. The Morgan fingerprint density at radius 1 is 0.327 bits per heavy atom. The van der Waals surface area contributed by atoms with Crippen LogP contribution >= 0.6 is 0 Å². The van der Waals surface area contributed by atoms with Crippen LogP contribution in [-0.2, 0) is 0 Å². The van der Waals surface area contributed by atoms with E-state index in [0.29, 0.717) is 0 Å². The average Bonchev–Trinajstić information content (AvgIpc) is 3.67. The van der Waals surface area contributed by atoms with Gasteiger partial charge in [-0.3, -0.25) is 0 Å². The highest BCUT2D eigenvalue weighted by atomic mass is 15.0. The van der Waals surface area contributed by atoms with Gasteiger partial charge in [0.25, 0.3) is 0 Å². The zero-order valence-electron chi connectivity index (χ0n) is 28.7. The number of hydrogen-bond acceptors (Lipinski definition) is 0. The van der Waals surface area contributed by atoms with E-state index in [1.807, 2.05) is 0 Å². The van der Waals surface area contributed by atoms with Crippen LogP contribution in [0.4, 0.5) is 0 Å². The number of hydrogen-bond donors (Lipinski definition) is 0. The van der Waals surface area contributed by atoms with E-state index < -0.39 is 0 Å². The first kappa shape index (κ1) is 29.6. The topological polar surface area (TPSA) is 9.86 Å². The lowest BCUT2D eigenvalue weighted by Gasteiger charge is -2.21. The van der Waals surface area contributed by atoms with Gasteiger partial charge in [-0.15, -0.1) is 16.4 Å². The Kier molecular flexibility index (Phi) is 6.81. The fraction of sp³-hybridized carbons (Fsp3) is 0. The van der Waals surface area contributed by atoms with E-state index in [4.69, 9.17) is 0 Å². The first-order valence-corrected chi connectivity index (χ1v) is 17.2. The molecule has 0 N–H and O–H groups in total. The molecule has 0 spiro atoms. The van der Waals surface area contributed by atoms with Gasteiger partial charge in [0, 0.05) is 32.9 Å². The van der Waals surface area contributed by atoms with Crippen LogP contribution in [-0.4, -0.2) is 48.4 Å². The Bertz CT molecular complexity index is 2730. The Morgan fingerprint density at radius 3 is 1.37 bits per heavy atom. The van der Waals surface area contributed by atoms with E-state index in [1.54, 1.807) is 0 Å². The zero-order valence-corrected chi connectivity index (χ0v) is 28.7. The molecule has 0 aliphatic rings. The lowest BCUT2D eigenvalue weighted by Crippen LogP contribution is -2.55. The Labute approximate surface area is 291 Å². The number of para-hydroxylation sites is 3. The molecule has 0 saturated carbocycles. The maximum Gasteiger partial charge on any atom is 0.139 e. The van der Waals surface area contributed by atoms with Crippen molar-refractivity contribution in [2.24, 2.45) is 0 Å². The van der Waals surface area contributed by atoms with Gasteiger partial charge in [-0.05, 0) is 64.7 Å². The number of rotatable bonds is 4. The number of nitrogens with zero attached hydrogens (tertiary/aromatic N) is 2. The van der Waals surface area contributed by atoms with E-state index in [1.165, 1.54) is 93.2 Å². The predicted octanol–water partition coefficient (Wildman–Crippen LogP) is 2.51. The number of aromatic nitrogens is 2. The molecule has 0 unspecified atom stereocenters. The molecular weight excluding hydrogens is 587 g/mol. The van der Waals surface area contributed by atoms with Crippen LogP contribution in [0.2, 0.25) is 0 Å². The van der Waals surface area contributed by atoms with Crippen LogP contribution in [0, 0.1) is 0 Å². The highest BCUT2D eigenvalue weighted by Gasteiger charge is 2.21. The van der Waals surface area contributed by atoms with Gasteiger partial charge in [-0.1, -0.05) is 108 Å². The van der Waals surface area contributed by atoms with Crippen LogP contribution in [0.3, 0.4) is 0 Å². The quantitative estimate of drug-likeness (QED) is 0.268. The molecule has 0 amide bonds. The Hall–Kier alpha value is -5.54. The minimum atomic E-state index is 1.15. The summed E-state index contributed by atoms with van der Waals surface area (Å²) in [5.74, 6) is 0. The van der Waals surface area contributed by atoms with Crippen molar-refractivity contribution in [3.63, 3.8) is 0 Å². The summed E-state index contributed by atoms with van der Waals surface area (Å²) in [4.78, 5) is 0. The molecule has 0 fully saturated rings. The molecule has 0 aliphatic carbocycles. The fourth-order valence-electron chi connectivity index (χ4n) is 8.20. The zero-order chi connectivity index (χ0) is 33.4. The van der Waals surface area contributed by atoms with Gasteiger partial charge >= 0.3 is 0 Å². The first-order valence-electron chi connectivity index (χ1n) is 17.2. The Balaban J connectivity index is 1.26. The summed E-state index contributed by atoms with van der Waals surface area (Å²) in [5, 5.41) is 5.04. The SMILES string of the molecule is Bc1c(B)c(B)c(-c2cccc(-c3ccc(-n4c5ccccc5c5ccc6c7ccccc7n(-c7ccccc7)c6c54)cc3)c2)c(B)c1B. The number of benzene rings is 7. The minimum Gasteiger partial charge on any atom is -0.307 e. The summed E-state index contributed by atoms with van der Waals surface area (Å²) in [7, 11) is 11.3. The molecule has 7 aromatic carbocycles. The van der Waals surface area contributed by atoms with Crippen molar-refractivity contribution < 1.29 is 0 Å². The standard InChI is InChI=1S/C42H33B5N2/c43-36-35(37(44)39(46)40(47)38(36)45)26-10-8-9-25(23-26)24-17-19-28(20-18-24)49-34-16-7-5-14-30(34)32-22-21-31-29-13-4-6-15-33(29)48(41(31)42(32)49)27-11-2-1-3-12-27/h1-23H,43-47H2. The molecule has 2 heterocycles. The van der Waals surface area contributed by atoms with Crippen molar-refractivity contribution >= 4 is 110 Å². The summed E-state index contributed by atoms with van der Waals surface area (Å²) in [5.41, 5.74) is 19.2. The molecule has 7 heteroatoms. The summed E-state index contributed by atoms with van der Waals surface area (Å²) >= 11 is 0. The maximum absolute atomic E-state index is 2.47. The van der Waals surface area contributed by atoms with Gasteiger partial charge in [-0.2, -0.15) is 0 Å². The molecule has 9 rings (SSSR count). The van der Waals surface area contributed by atoms with Crippen molar-refractivity contribution in [1.82, 2.24) is 9.13 Å². The largest absolute Gasteiger partial charge is 0.307 e. The lowest BCUT2D eigenvalue weighted by molar-refractivity contribution is 1.15. The van der Waals surface area contributed by atoms with Crippen molar-refractivity contribution in [3.05, 3.63) is 140 Å². The average molecular weight is 620 g/mol. The second-order valence-corrected chi connectivity index (χ2v) is 13.5. The van der Waals surface area contributed by atoms with Crippen molar-refractivity contribution in [2.45, 2.75) is 0 Å². The highest BCUT2D eigenvalue weighted by Crippen LogP contribution is 2.41. The van der Waals surface area contributed by atoms with E-state index >= 15 is 0 Å². The third-order valence-corrected chi connectivity index (χ3v) is 11.1. The van der Waals surface area contributed by atoms with Crippen LogP contribution in [0.15, 0.2) is 140 Å². The molecule has 2 aromatic heterocycles. The van der Waals surface area contributed by atoms with E-state index in [0.717, 1.165) is 11.4 Å². The van der Waals surface area contributed by atoms with Crippen LogP contribution in [0.1, 0.15) is 0 Å². The van der Waals surface area contributed by atoms with Gasteiger partial charge < -0.3 is 9.13 Å². The molecule has 226 valence electrons. The smallest absolute Gasteiger partial charge is 0.139 e. The van der Waals surface area contributed by atoms with Gasteiger partial charge in [0.2, 0.25) is 0 Å². The summed E-state index contributed by atoms with van der Waals surface area (Å²) in [6, 6.07) is 51.2. The Morgan fingerprint density at radius 2 is 0.796 bits per heavy atom. The maximum atomic E-state index is 2.47. The van der Waals surface area contributed by atoms with Gasteiger partial charge in [0.05, 0.1) is 22.1 Å². The summed E-state index contributed by atoms with van der Waals surface area (Å²) in [6.07, 6.45) is 0. The second kappa shape index (κ2) is 11.3. The number of fused-ring (bicyclic) bond motifs is 7. The molecule has 9 aromatic rings. The van der Waals surface area contributed by atoms with Crippen molar-refractivity contribution in [1.29, 1.82) is 0 Å². The predicted molar refractivity (Wildman–Crippen MR) is 227 cm³/mol. The third kappa shape index (κ3) is 4.42. The first-order chi connectivity index (χ1) is 23.9. The van der Waals surface area contributed by atoms with Gasteiger partial charge in [0.1, 0.15) is 39.2 Å². The summed E-state index contributed by atoms with van der Waals surface area (Å²) in [6.45, 7) is 0. The normalized spacial score (nSPS) is 11.7. The molecule has 49 heavy (non-hydrogen) atoms. The van der Waals surface area contributed by atoms with Gasteiger partial charge in [-0.25, -0.2) is 0 Å². The second-order valence-electron chi connectivity index (χ2n) is 13.5. The summed E-state index contributed by atoms with van der Waals surface area (Å²) < 4.78 is 4.91.